The third-order valence-electron chi connectivity index (χ3n) is 2.93. The highest BCUT2D eigenvalue weighted by Gasteiger charge is 2.03. The molecule has 21 heavy (non-hydrogen) atoms. The van der Waals surface area contributed by atoms with Gasteiger partial charge in [0.2, 0.25) is 0 Å². The molecule has 2 aromatic rings. The zero-order valence-electron chi connectivity index (χ0n) is 12.5. The summed E-state index contributed by atoms with van der Waals surface area (Å²) in [6, 6.07) is 17.0. The number of benzene rings is 2. The molecule has 0 saturated heterocycles. The second-order valence-corrected chi connectivity index (χ2v) is 4.56. The van der Waals surface area contributed by atoms with E-state index in [-0.39, 0.29) is 0 Å². The molecule has 0 N–H and O–H groups in total. The zero-order valence-corrected chi connectivity index (χ0v) is 12.5. The second-order valence-electron chi connectivity index (χ2n) is 4.56. The Morgan fingerprint density at radius 1 is 0.810 bits per heavy atom. The van der Waals surface area contributed by atoms with Gasteiger partial charge >= 0.3 is 6.07 Å². The van der Waals surface area contributed by atoms with Gasteiger partial charge in [-0.25, -0.2) is 0 Å². The highest BCUT2D eigenvalue weighted by molar-refractivity contribution is 5.56. The molecule has 0 atom stereocenters. The molecule has 100 valence electrons. The van der Waals surface area contributed by atoms with Crippen LogP contribution in [0.3, 0.4) is 0 Å². The number of rotatable bonds is 0. The highest BCUT2D eigenvalue weighted by Crippen LogP contribution is 2.11. The number of nitrogens with zero attached hydrogens (tertiary/aromatic N) is 1. The maximum absolute atomic E-state index is 3.97. The minimum absolute atomic E-state index is 0.920. The van der Waals surface area contributed by atoms with Gasteiger partial charge in [0.1, 0.15) is 5.56 Å². The standard InChI is InChI=1S/C20H16N/c1-4-7-17-8-5-6-9-18(17)12-13-19-11-10-16(2)14-20(19)15-21-3/h5-6,8-11,14H,1-3H3/q+1. The van der Waals surface area contributed by atoms with E-state index in [9.17, 15) is 0 Å². The Bertz CT molecular complexity index is 840. The Hall–Kier alpha value is -2.95. The van der Waals surface area contributed by atoms with Crippen LogP contribution in [0.1, 0.15) is 34.7 Å². The van der Waals surface area contributed by atoms with Gasteiger partial charge in [-0.05, 0) is 43.7 Å². The summed E-state index contributed by atoms with van der Waals surface area (Å²) in [4.78, 5) is 3.97. The average molecular weight is 270 g/mol. The fraction of sp³-hybridized carbons (Fsp3) is 0.150. The summed E-state index contributed by atoms with van der Waals surface area (Å²) < 4.78 is 0. The van der Waals surface area contributed by atoms with Crippen molar-refractivity contribution in [2.24, 2.45) is 0 Å². The molecule has 0 aliphatic heterocycles. The van der Waals surface area contributed by atoms with E-state index in [1.54, 1.807) is 7.05 Å². The Balaban J connectivity index is 2.48. The van der Waals surface area contributed by atoms with E-state index in [0.717, 1.165) is 22.3 Å². The summed E-state index contributed by atoms with van der Waals surface area (Å²) in [5.41, 5.74) is 4.90. The van der Waals surface area contributed by atoms with Crippen LogP contribution in [-0.2, 0) is 0 Å². The first-order chi connectivity index (χ1) is 10.2. The van der Waals surface area contributed by atoms with Crippen LogP contribution in [0, 0.1) is 36.7 Å². The van der Waals surface area contributed by atoms with Crippen molar-refractivity contribution < 1.29 is 0 Å². The van der Waals surface area contributed by atoms with Crippen LogP contribution in [0.15, 0.2) is 42.5 Å². The first-order valence-electron chi connectivity index (χ1n) is 6.74. The van der Waals surface area contributed by atoms with Crippen molar-refractivity contribution in [3.05, 3.63) is 75.1 Å². The van der Waals surface area contributed by atoms with E-state index in [1.807, 2.05) is 56.3 Å². The van der Waals surface area contributed by atoms with Crippen molar-refractivity contribution in [1.82, 2.24) is 0 Å². The van der Waals surface area contributed by atoms with Gasteiger partial charge in [-0.15, -0.1) is 5.92 Å². The van der Waals surface area contributed by atoms with Crippen molar-refractivity contribution in [3.63, 3.8) is 0 Å². The average Bonchev–Trinajstić information content (AvgIpc) is 2.48. The van der Waals surface area contributed by atoms with Crippen LogP contribution in [-0.4, -0.2) is 7.05 Å². The highest BCUT2D eigenvalue weighted by atomic mass is 14.6. The lowest BCUT2D eigenvalue weighted by Crippen LogP contribution is -1.86. The normalized spacial score (nSPS) is 8.52. The van der Waals surface area contributed by atoms with Gasteiger partial charge in [0, 0.05) is 16.7 Å². The van der Waals surface area contributed by atoms with Crippen molar-refractivity contribution >= 4 is 0 Å². The van der Waals surface area contributed by atoms with Crippen molar-refractivity contribution in [3.8, 4) is 29.8 Å². The van der Waals surface area contributed by atoms with Gasteiger partial charge in [0.15, 0.2) is 0 Å². The lowest BCUT2D eigenvalue weighted by molar-refractivity contribution is 1.43. The molecule has 0 saturated carbocycles. The maximum atomic E-state index is 3.97. The summed E-state index contributed by atoms with van der Waals surface area (Å²) in [6.45, 7) is 3.87. The molecule has 0 radical (unpaired) electrons. The fourth-order valence-corrected chi connectivity index (χ4v) is 1.95. The molecule has 0 aromatic heterocycles. The quantitative estimate of drug-likeness (QED) is 0.635. The van der Waals surface area contributed by atoms with Crippen molar-refractivity contribution in [1.29, 1.82) is 0 Å². The van der Waals surface area contributed by atoms with E-state index < -0.39 is 0 Å². The van der Waals surface area contributed by atoms with Gasteiger partial charge < -0.3 is 0 Å². The first-order valence-corrected chi connectivity index (χ1v) is 6.74. The summed E-state index contributed by atoms with van der Waals surface area (Å²) >= 11 is 0. The second kappa shape index (κ2) is 7.00. The largest absolute Gasteiger partial charge is 0.311 e. The molecule has 2 aromatic carbocycles. The summed E-state index contributed by atoms with van der Waals surface area (Å²) in [7, 11) is 1.71. The lowest BCUT2D eigenvalue weighted by atomic mass is 10.0. The fourth-order valence-electron chi connectivity index (χ4n) is 1.95. The molecule has 0 heterocycles. The predicted molar refractivity (Wildman–Crippen MR) is 88.4 cm³/mol. The van der Waals surface area contributed by atoms with Gasteiger partial charge in [-0.1, -0.05) is 40.8 Å². The van der Waals surface area contributed by atoms with Crippen molar-refractivity contribution in [2.45, 2.75) is 13.8 Å². The Kier molecular flexibility index (Phi) is 4.82. The molecule has 2 rings (SSSR count). The molecule has 0 spiro atoms. The minimum atomic E-state index is 0.920. The van der Waals surface area contributed by atoms with Crippen LogP contribution in [0.4, 0.5) is 0 Å². The smallest absolute Gasteiger partial charge is 0.101 e. The van der Waals surface area contributed by atoms with Gasteiger partial charge in [0.25, 0.3) is 7.05 Å². The third-order valence-corrected chi connectivity index (χ3v) is 2.93. The Morgan fingerprint density at radius 3 is 2.05 bits per heavy atom. The van der Waals surface area contributed by atoms with E-state index in [4.69, 9.17) is 0 Å². The van der Waals surface area contributed by atoms with E-state index in [1.165, 1.54) is 5.56 Å². The molecule has 1 heteroatoms. The zero-order chi connectivity index (χ0) is 15.1. The van der Waals surface area contributed by atoms with E-state index >= 15 is 0 Å². The lowest BCUT2D eigenvalue weighted by Gasteiger charge is -1.97. The summed E-state index contributed by atoms with van der Waals surface area (Å²) in [5, 5.41) is 0. The molecule has 0 fully saturated rings. The number of aryl methyl sites for hydroxylation is 1. The summed E-state index contributed by atoms with van der Waals surface area (Å²) in [6.07, 6.45) is 0. The van der Waals surface area contributed by atoms with Crippen molar-refractivity contribution in [2.75, 3.05) is 7.05 Å². The van der Waals surface area contributed by atoms with Gasteiger partial charge in [-0.3, -0.25) is 0 Å². The van der Waals surface area contributed by atoms with Crippen LogP contribution < -0.4 is 0 Å². The predicted octanol–water partition coefficient (Wildman–Crippen LogP) is 4.08. The van der Waals surface area contributed by atoms with Crippen LogP contribution in [0.2, 0.25) is 0 Å². The molecular weight excluding hydrogens is 254 g/mol. The monoisotopic (exact) mass is 270 g/mol. The molecule has 0 amide bonds. The van der Waals surface area contributed by atoms with E-state index in [0.29, 0.717) is 0 Å². The van der Waals surface area contributed by atoms with E-state index in [2.05, 4.69) is 34.6 Å². The molecule has 0 aliphatic rings. The first kappa shape index (κ1) is 14.5. The molecule has 0 bridgehead atoms. The third kappa shape index (κ3) is 3.76. The molecule has 0 unspecified atom stereocenters. The maximum Gasteiger partial charge on any atom is 0.311 e. The Labute approximate surface area is 126 Å². The summed E-state index contributed by atoms with van der Waals surface area (Å²) in [5.74, 6) is 12.4. The molecule has 1 nitrogen and oxygen atoms in total. The topological polar surface area (TPSA) is 4.36 Å². The van der Waals surface area contributed by atoms with Gasteiger partial charge in [-0.2, -0.15) is 0 Å². The molecular formula is C20H16N+. The number of hydrogen-bond acceptors (Lipinski definition) is 0. The Morgan fingerprint density at radius 2 is 1.43 bits per heavy atom. The van der Waals surface area contributed by atoms with Gasteiger partial charge in [0.05, 0.1) is 0 Å². The minimum Gasteiger partial charge on any atom is -0.101 e. The van der Waals surface area contributed by atoms with Crippen LogP contribution in [0.5, 0.6) is 0 Å². The molecule has 0 aliphatic carbocycles. The number of hydrogen-bond donors (Lipinski definition) is 0. The SMILES string of the molecule is CC#Cc1ccccc1C#Cc1ccc(C)cc1C#[N+]C. The van der Waals surface area contributed by atoms with Crippen LogP contribution in [0.25, 0.3) is 4.85 Å². The van der Waals surface area contributed by atoms with Crippen LogP contribution >= 0.6 is 0 Å².